The Bertz CT molecular complexity index is 566. The second-order valence-corrected chi connectivity index (χ2v) is 4.62. The molecule has 2 aromatic rings. The number of methoxy groups -OCH3 is 1. The Kier molecular flexibility index (Phi) is 4.76. The predicted molar refractivity (Wildman–Crippen MR) is 75.8 cm³/mol. The minimum Gasteiger partial charge on any atom is -0.491 e. The summed E-state index contributed by atoms with van der Waals surface area (Å²) in [5.41, 5.74) is 2.34. The number of aliphatic hydroxyl groups excluding tert-OH is 1. The maximum absolute atomic E-state index is 10.6. The van der Waals surface area contributed by atoms with Gasteiger partial charge in [0.2, 0.25) is 0 Å². The third-order valence-corrected chi connectivity index (χ3v) is 3.08. The van der Waals surface area contributed by atoms with E-state index in [0.29, 0.717) is 19.0 Å². The lowest BCUT2D eigenvalue weighted by atomic mass is 10.1. The van der Waals surface area contributed by atoms with Gasteiger partial charge in [-0.25, -0.2) is 0 Å². The van der Waals surface area contributed by atoms with Gasteiger partial charge in [0, 0.05) is 19.7 Å². The van der Waals surface area contributed by atoms with Crippen LogP contribution in [0.1, 0.15) is 23.1 Å². The molecule has 1 heterocycles. The van der Waals surface area contributed by atoms with Gasteiger partial charge in [-0.2, -0.15) is 5.10 Å². The number of aromatic nitrogens is 2. The average molecular weight is 276 g/mol. The van der Waals surface area contributed by atoms with Crippen molar-refractivity contribution in [2.75, 3.05) is 20.3 Å². The SMILES string of the molecule is COCCOc1ccccc1C(O)c1cc(C)nn1C. The number of ether oxygens (including phenoxy) is 2. The Morgan fingerprint density at radius 2 is 2.05 bits per heavy atom. The minimum atomic E-state index is -0.764. The topological polar surface area (TPSA) is 56.5 Å². The molecule has 5 nitrogen and oxygen atoms in total. The fourth-order valence-electron chi connectivity index (χ4n) is 2.12. The molecule has 0 spiro atoms. The number of para-hydroxylation sites is 1. The lowest BCUT2D eigenvalue weighted by Gasteiger charge is -2.16. The van der Waals surface area contributed by atoms with Gasteiger partial charge >= 0.3 is 0 Å². The highest BCUT2D eigenvalue weighted by Crippen LogP contribution is 2.29. The van der Waals surface area contributed by atoms with Gasteiger partial charge in [0.1, 0.15) is 18.5 Å². The van der Waals surface area contributed by atoms with Crippen LogP contribution in [-0.4, -0.2) is 35.2 Å². The van der Waals surface area contributed by atoms with Gasteiger partial charge in [-0.3, -0.25) is 4.68 Å². The van der Waals surface area contributed by atoms with Crippen LogP contribution in [0.2, 0.25) is 0 Å². The summed E-state index contributed by atoms with van der Waals surface area (Å²) in [5, 5.41) is 14.8. The summed E-state index contributed by atoms with van der Waals surface area (Å²) in [7, 11) is 3.45. The first kappa shape index (κ1) is 14.6. The van der Waals surface area contributed by atoms with E-state index >= 15 is 0 Å². The molecule has 0 bridgehead atoms. The second-order valence-electron chi connectivity index (χ2n) is 4.62. The molecule has 2 rings (SSSR count). The second kappa shape index (κ2) is 6.54. The van der Waals surface area contributed by atoms with E-state index in [2.05, 4.69) is 5.10 Å². The van der Waals surface area contributed by atoms with Gasteiger partial charge in [-0.15, -0.1) is 0 Å². The summed E-state index contributed by atoms with van der Waals surface area (Å²) in [4.78, 5) is 0. The monoisotopic (exact) mass is 276 g/mol. The summed E-state index contributed by atoms with van der Waals surface area (Å²) in [6.07, 6.45) is -0.764. The number of aliphatic hydroxyl groups is 1. The third kappa shape index (κ3) is 3.18. The molecule has 0 amide bonds. The number of benzene rings is 1. The van der Waals surface area contributed by atoms with Gasteiger partial charge in [0.25, 0.3) is 0 Å². The first-order valence-corrected chi connectivity index (χ1v) is 6.52. The summed E-state index contributed by atoms with van der Waals surface area (Å²) < 4.78 is 12.3. The maximum atomic E-state index is 10.6. The molecule has 1 unspecified atom stereocenters. The van der Waals surface area contributed by atoms with Crippen molar-refractivity contribution in [3.63, 3.8) is 0 Å². The molecule has 1 aromatic heterocycles. The molecule has 1 aromatic carbocycles. The van der Waals surface area contributed by atoms with Crippen molar-refractivity contribution < 1.29 is 14.6 Å². The summed E-state index contributed by atoms with van der Waals surface area (Å²) in [6, 6.07) is 9.33. The normalized spacial score (nSPS) is 12.4. The van der Waals surface area contributed by atoms with Gasteiger partial charge in [-0.05, 0) is 19.1 Å². The fraction of sp³-hybridized carbons (Fsp3) is 0.400. The highest BCUT2D eigenvalue weighted by atomic mass is 16.5. The molecular formula is C15H20N2O3. The van der Waals surface area contributed by atoms with Crippen LogP contribution in [-0.2, 0) is 11.8 Å². The van der Waals surface area contributed by atoms with Gasteiger partial charge in [-0.1, -0.05) is 18.2 Å². The van der Waals surface area contributed by atoms with Crippen LogP contribution >= 0.6 is 0 Å². The van der Waals surface area contributed by atoms with Crippen LogP contribution in [0.15, 0.2) is 30.3 Å². The van der Waals surface area contributed by atoms with Crippen LogP contribution in [0.25, 0.3) is 0 Å². The smallest absolute Gasteiger partial charge is 0.125 e. The lowest BCUT2D eigenvalue weighted by Crippen LogP contribution is -2.10. The molecule has 0 aliphatic carbocycles. The van der Waals surface area contributed by atoms with E-state index in [9.17, 15) is 5.11 Å². The Balaban J connectivity index is 2.25. The summed E-state index contributed by atoms with van der Waals surface area (Å²) in [6.45, 7) is 2.86. The molecule has 0 radical (unpaired) electrons. The third-order valence-electron chi connectivity index (χ3n) is 3.08. The zero-order valence-electron chi connectivity index (χ0n) is 12.0. The molecular weight excluding hydrogens is 256 g/mol. The Morgan fingerprint density at radius 3 is 2.70 bits per heavy atom. The quantitative estimate of drug-likeness (QED) is 0.818. The number of aryl methyl sites for hydroxylation is 2. The van der Waals surface area contributed by atoms with Gasteiger partial charge < -0.3 is 14.6 Å². The van der Waals surface area contributed by atoms with E-state index in [-0.39, 0.29) is 0 Å². The van der Waals surface area contributed by atoms with Crippen molar-refractivity contribution in [1.82, 2.24) is 9.78 Å². The van der Waals surface area contributed by atoms with Crippen molar-refractivity contribution in [2.24, 2.45) is 7.05 Å². The lowest BCUT2D eigenvalue weighted by molar-refractivity contribution is 0.142. The van der Waals surface area contributed by atoms with E-state index in [1.165, 1.54) is 0 Å². The van der Waals surface area contributed by atoms with Crippen molar-refractivity contribution in [2.45, 2.75) is 13.0 Å². The minimum absolute atomic E-state index is 0.449. The summed E-state index contributed by atoms with van der Waals surface area (Å²) >= 11 is 0. The largest absolute Gasteiger partial charge is 0.491 e. The van der Waals surface area contributed by atoms with Crippen molar-refractivity contribution in [3.8, 4) is 5.75 Å². The van der Waals surface area contributed by atoms with Crippen LogP contribution in [0.3, 0.4) is 0 Å². The van der Waals surface area contributed by atoms with Crippen molar-refractivity contribution in [3.05, 3.63) is 47.3 Å². The standard InChI is InChI=1S/C15H20N2O3/c1-11-10-13(17(2)16-11)15(18)12-6-4-5-7-14(12)20-9-8-19-3/h4-7,10,15,18H,8-9H2,1-3H3. The van der Waals surface area contributed by atoms with Gasteiger partial charge in [0.05, 0.1) is 18.0 Å². The predicted octanol–water partition coefficient (Wildman–Crippen LogP) is 1.84. The molecule has 0 saturated carbocycles. The zero-order chi connectivity index (χ0) is 14.5. The first-order chi connectivity index (χ1) is 9.63. The van der Waals surface area contributed by atoms with E-state index < -0.39 is 6.10 Å². The number of hydrogen-bond acceptors (Lipinski definition) is 4. The fourth-order valence-corrected chi connectivity index (χ4v) is 2.12. The average Bonchev–Trinajstić information content (AvgIpc) is 2.78. The van der Waals surface area contributed by atoms with Crippen molar-refractivity contribution in [1.29, 1.82) is 0 Å². The molecule has 0 fully saturated rings. The van der Waals surface area contributed by atoms with Crippen LogP contribution in [0, 0.1) is 6.92 Å². The van der Waals surface area contributed by atoms with Crippen molar-refractivity contribution >= 4 is 0 Å². The van der Waals surface area contributed by atoms with Crippen LogP contribution < -0.4 is 4.74 Å². The molecule has 108 valence electrons. The molecule has 20 heavy (non-hydrogen) atoms. The van der Waals surface area contributed by atoms with E-state index in [0.717, 1.165) is 17.0 Å². The number of hydrogen-bond donors (Lipinski definition) is 1. The maximum Gasteiger partial charge on any atom is 0.125 e. The highest BCUT2D eigenvalue weighted by molar-refractivity contribution is 5.39. The first-order valence-electron chi connectivity index (χ1n) is 6.52. The van der Waals surface area contributed by atoms with Crippen LogP contribution in [0.4, 0.5) is 0 Å². The Hall–Kier alpha value is -1.85. The number of nitrogens with zero attached hydrogens (tertiary/aromatic N) is 2. The Labute approximate surface area is 118 Å². The highest BCUT2D eigenvalue weighted by Gasteiger charge is 2.19. The molecule has 0 aliphatic heterocycles. The Morgan fingerprint density at radius 1 is 1.30 bits per heavy atom. The van der Waals surface area contributed by atoms with Gasteiger partial charge in [0.15, 0.2) is 0 Å². The molecule has 0 aliphatic rings. The van der Waals surface area contributed by atoms with E-state index in [1.54, 1.807) is 11.8 Å². The zero-order valence-corrected chi connectivity index (χ0v) is 12.0. The van der Waals surface area contributed by atoms with E-state index in [4.69, 9.17) is 9.47 Å². The molecule has 1 N–H and O–H groups in total. The van der Waals surface area contributed by atoms with Crippen LogP contribution in [0.5, 0.6) is 5.75 Å². The number of rotatable bonds is 6. The van der Waals surface area contributed by atoms with E-state index in [1.807, 2.05) is 44.3 Å². The molecule has 0 saturated heterocycles. The summed E-state index contributed by atoms with van der Waals surface area (Å²) in [5.74, 6) is 0.663. The molecule has 5 heteroatoms. The molecule has 1 atom stereocenters.